The predicted molar refractivity (Wildman–Crippen MR) is 114 cm³/mol. The quantitative estimate of drug-likeness (QED) is 0.177. The van der Waals surface area contributed by atoms with E-state index in [-0.39, 0.29) is 51.4 Å². The molecule has 164 valence electrons. The Labute approximate surface area is 218 Å². The van der Waals surface area contributed by atoms with E-state index in [0.717, 1.165) is 25.7 Å². The maximum atomic E-state index is 11.4. The van der Waals surface area contributed by atoms with Crippen LogP contribution in [0.2, 0.25) is 0 Å². The van der Waals surface area contributed by atoms with Crippen molar-refractivity contribution in [3.8, 4) is 0 Å². The van der Waals surface area contributed by atoms with Gasteiger partial charge in [0, 0.05) is 5.25 Å². The number of hydrogen-bond acceptors (Lipinski definition) is 4. The molecule has 0 heterocycles. The first-order valence-electron chi connectivity index (χ1n) is 11.5. The molecule has 0 aliphatic carbocycles. The average molecular weight is 445 g/mol. The van der Waals surface area contributed by atoms with Gasteiger partial charge in [-0.2, -0.15) is 0 Å². The summed E-state index contributed by atoms with van der Waals surface area (Å²) in [6, 6.07) is 0. The second-order valence-electron chi connectivity index (χ2n) is 8.17. The smallest absolute Gasteiger partial charge is 0.748 e. The van der Waals surface area contributed by atoms with E-state index in [2.05, 4.69) is 6.92 Å². The molecule has 0 amide bonds. The van der Waals surface area contributed by atoms with Crippen LogP contribution >= 0.6 is 0 Å². The maximum absolute atomic E-state index is 11.4. The number of rotatable bonds is 20. The molecule has 0 saturated heterocycles. The summed E-state index contributed by atoms with van der Waals surface area (Å²) >= 11 is 0. The molecule has 0 aliphatic rings. The molecule has 2 atom stereocenters. The average Bonchev–Trinajstić information content (AvgIpc) is 2.60. The molecule has 2 unspecified atom stereocenters. The fraction of sp³-hybridized carbons (Fsp3) is 1.00. The van der Waals surface area contributed by atoms with E-state index >= 15 is 0 Å². The summed E-state index contributed by atoms with van der Waals surface area (Å²) in [5.74, 6) is 0. The molecular weight excluding hydrogens is 399 g/mol. The van der Waals surface area contributed by atoms with Gasteiger partial charge in [0.1, 0.15) is 0 Å². The Hall–Kier alpha value is 1.51. The molecule has 0 bridgehead atoms. The first-order valence-corrected chi connectivity index (χ1v) is 13.0. The number of aliphatic hydroxyl groups is 1. The molecule has 0 aromatic carbocycles. The van der Waals surface area contributed by atoms with E-state index in [1.807, 2.05) is 6.92 Å². The Morgan fingerprint density at radius 2 is 1.07 bits per heavy atom. The fourth-order valence-corrected chi connectivity index (χ4v) is 4.56. The third-order valence-electron chi connectivity index (χ3n) is 5.48. The van der Waals surface area contributed by atoms with Gasteiger partial charge in [-0.25, -0.2) is 8.42 Å². The molecule has 1 N–H and O–H groups in total. The van der Waals surface area contributed by atoms with Gasteiger partial charge in [0.05, 0.1) is 16.2 Å². The first-order chi connectivity index (χ1) is 12.9. The van der Waals surface area contributed by atoms with Crippen molar-refractivity contribution < 1.29 is 69.5 Å². The van der Waals surface area contributed by atoms with Gasteiger partial charge >= 0.3 is 51.4 Å². The third-order valence-corrected chi connectivity index (χ3v) is 6.77. The molecular formula is C22H45KO4S. The van der Waals surface area contributed by atoms with Crippen LogP contribution < -0.4 is 51.4 Å². The Bertz CT molecular complexity index is 415. The third kappa shape index (κ3) is 20.8. The minimum Gasteiger partial charge on any atom is -0.748 e. The second kappa shape index (κ2) is 21.7. The zero-order chi connectivity index (χ0) is 20.4. The molecule has 0 aromatic rings. The summed E-state index contributed by atoms with van der Waals surface area (Å²) in [7, 11) is -4.25. The van der Waals surface area contributed by atoms with Crippen LogP contribution in [0.3, 0.4) is 0 Å². The van der Waals surface area contributed by atoms with E-state index in [0.29, 0.717) is 25.7 Å². The maximum Gasteiger partial charge on any atom is 1.00 e. The Morgan fingerprint density at radius 3 is 1.46 bits per heavy atom. The largest absolute Gasteiger partial charge is 1.00 e. The van der Waals surface area contributed by atoms with Gasteiger partial charge in [-0.05, 0) is 25.7 Å². The van der Waals surface area contributed by atoms with E-state index in [4.69, 9.17) is 0 Å². The summed E-state index contributed by atoms with van der Waals surface area (Å²) in [4.78, 5) is 0. The number of aliphatic hydroxyl groups excluding tert-OH is 1. The van der Waals surface area contributed by atoms with E-state index in [1.54, 1.807) is 0 Å². The van der Waals surface area contributed by atoms with Crippen molar-refractivity contribution in [3.05, 3.63) is 0 Å². The Balaban J connectivity index is 0. The van der Waals surface area contributed by atoms with Crippen molar-refractivity contribution >= 4 is 10.1 Å². The van der Waals surface area contributed by atoms with Crippen LogP contribution in [0, 0.1) is 0 Å². The van der Waals surface area contributed by atoms with Gasteiger partial charge in [0.25, 0.3) is 0 Å². The van der Waals surface area contributed by atoms with Crippen molar-refractivity contribution in [1.82, 2.24) is 0 Å². The summed E-state index contributed by atoms with van der Waals surface area (Å²) in [5, 5.41) is 8.93. The summed E-state index contributed by atoms with van der Waals surface area (Å²) in [6.07, 6.45) is 18.4. The second-order valence-corrected chi connectivity index (χ2v) is 9.82. The first kappa shape index (κ1) is 31.7. The Kier molecular flexibility index (Phi) is 24.6. The minimum absolute atomic E-state index is 0. The molecule has 6 heteroatoms. The normalized spacial score (nSPS) is 13.9. The number of hydrogen-bond donors (Lipinski definition) is 1. The van der Waals surface area contributed by atoms with Crippen LogP contribution in [0.4, 0.5) is 0 Å². The monoisotopic (exact) mass is 444 g/mol. The molecule has 0 fully saturated rings. The molecule has 4 nitrogen and oxygen atoms in total. The molecule has 28 heavy (non-hydrogen) atoms. The minimum atomic E-state index is -4.25. The van der Waals surface area contributed by atoms with Crippen LogP contribution in [0.1, 0.15) is 129 Å². The zero-order valence-electron chi connectivity index (χ0n) is 19.0. The van der Waals surface area contributed by atoms with Crippen molar-refractivity contribution in [3.63, 3.8) is 0 Å². The summed E-state index contributed by atoms with van der Waals surface area (Å²) in [5.41, 5.74) is 0. The van der Waals surface area contributed by atoms with E-state index in [9.17, 15) is 18.1 Å². The van der Waals surface area contributed by atoms with Gasteiger partial charge in [0.2, 0.25) is 0 Å². The van der Waals surface area contributed by atoms with Crippen molar-refractivity contribution in [2.45, 2.75) is 141 Å². The van der Waals surface area contributed by atoms with Gasteiger partial charge in [0.15, 0.2) is 0 Å². The molecule has 0 saturated carbocycles. The van der Waals surface area contributed by atoms with Crippen LogP contribution in [0.15, 0.2) is 0 Å². The molecule has 0 aromatic heterocycles. The van der Waals surface area contributed by atoms with Gasteiger partial charge in [-0.15, -0.1) is 0 Å². The summed E-state index contributed by atoms with van der Waals surface area (Å²) < 4.78 is 34.2. The van der Waals surface area contributed by atoms with Crippen LogP contribution in [0.5, 0.6) is 0 Å². The van der Waals surface area contributed by atoms with Gasteiger partial charge in [-0.3, -0.25) is 0 Å². The van der Waals surface area contributed by atoms with Crippen molar-refractivity contribution in [1.29, 1.82) is 0 Å². The van der Waals surface area contributed by atoms with Crippen molar-refractivity contribution in [2.75, 3.05) is 0 Å². The Morgan fingerprint density at radius 1 is 0.643 bits per heavy atom. The molecule has 0 rings (SSSR count). The molecule has 0 spiro atoms. The van der Waals surface area contributed by atoms with E-state index < -0.39 is 21.5 Å². The van der Waals surface area contributed by atoms with Crippen LogP contribution in [-0.2, 0) is 10.1 Å². The molecule has 0 aliphatic heterocycles. The van der Waals surface area contributed by atoms with Gasteiger partial charge in [-0.1, -0.05) is 104 Å². The van der Waals surface area contributed by atoms with Gasteiger partial charge < -0.3 is 9.66 Å². The summed E-state index contributed by atoms with van der Waals surface area (Å²) in [6.45, 7) is 4.23. The predicted octanol–water partition coefficient (Wildman–Crippen LogP) is 3.33. The van der Waals surface area contributed by atoms with E-state index in [1.165, 1.54) is 64.2 Å². The fourth-order valence-electron chi connectivity index (χ4n) is 3.68. The standard InChI is InChI=1S/C22H46O4S.K/c1-3-5-6-7-8-9-10-11-12-13-14-15-16-18-22(27(24,25)26)20-19-21(23)17-4-2;/h21-23H,3-20H2,1-2H3,(H,24,25,26);/q;+1/p-1. The topological polar surface area (TPSA) is 77.4 Å². The van der Waals surface area contributed by atoms with Crippen molar-refractivity contribution in [2.24, 2.45) is 0 Å². The molecule has 0 radical (unpaired) electrons. The van der Waals surface area contributed by atoms with Crippen LogP contribution in [0.25, 0.3) is 0 Å². The SMILES string of the molecule is CCCCCCCCCCCCCCCC(CCC(O)CCC)S(=O)(=O)[O-].[K+]. The van der Waals surface area contributed by atoms with Crippen LogP contribution in [-0.4, -0.2) is 29.4 Å². The zero-order valence-corrected chi connectivity index (χ0v) is 22.9. The number of unbranched alkanes of at least 4 members (excludes halogenated alkanes) is 12.